The zero-order valence-electron chi connectivity index (χ0n) is 10.7. The fourth-order valence-corrected chi connectivity index (χ4v) is 1.89. The van der Waals surface area contributed by atoms with Gasteiger partial charge in [0.25, 0.3) is 0 Å². The molecule has 0 saturated heterocycles. The average molecular weight is 263 g/mol. The summed E-state index contributed by atoms with van der Waals surface area (Å²) in [5, 5.41) is 0.871. The molecule has 0 amide bonds. The van der Waals surface area contributed by atoms with Gasteiger partial charge < -0.3 is 15.4 Å². The van der Waals surface area contributed by atoms with Crippen LogP contribution in [0.1, 0.15) is 0 Å². The van der Waals surface area contributed by atoms with Gasteiger partial charge in [-0.1, -0.05) is 0 Å². The lowest BCUT2D eigenvalue weighted by molar-refractivity contribution is -0.138. The minimum absolute atomic E-state index is 0.0170. The van der Waals surface area contributed by atoms with Crippen molar-refractivity contribution in [1.82, 2.24) is 4.98 Å². The number of carbonyl (C=O) groups excluding carboxylic acids is 1. The second-order valence-corrected chi connectivity index (χ2v) is 4.13. The minimum atomic E-state index is -0.427. The topological polar surface area (TPSA) is 68.5 Å². The van der Waals surface area contributed by atoms with Gasteiger partial charge in [-0.15, -0.1) is 0 Å². The number of pyridine rings is 1. The number of methoxy groups -OCH3 is 1. The molecule has 0 unspecified atom stereocenters. The van der Waals surface area contributed by atoms with Gasteiger partial charge in [-0.05, 0) is 18.2 Å². The smallest absolute Gasteiger partial charge is 0.325 e. The number of halogens is 1. The van der Waals surface area contributed by atoms with E-state index >= 15 is 0 Å². The van der Waals surface area contributed by atoms with Crippen molar-refractivity contribution in [2.75, 3.05) is 31.3 Å². The molecule has 2 N–H and O–H groups in total. The number of hydrogen-bond acceptors (Lipinski definition) is 5. The maximum absolute atomic E-state index is 14.0. The van der Waals surface area contributed by atoms with Crippen LogP contribution >= 0.6 is 0 Å². The third-order valence-electron chi connectivity index (χ3n) is 2.85. The highest BCUT2D eigenvalue weighted by Crippen LogP contribution is 2.30. The molecule has 1 aromatic heterocycles. The Kier molecular flexibility index (Phi) is 3.50. The molecule has 2 aromatic rings. The summed E-state index contributed by atoms with van der Waals surface area (Å²) in [7, 11) is 2.94. The number of ether oxygens (including phenoxy) is 1. The average Bonchev–Trinajstić information content (AvgIpc) is 2.42. The monoisotopic (exact) mass is 263 g/mol. The van der Waals surface area contributed by atoms with Crippen LogP contribution in [0, 0.1) is 5.82 Å². The van der Waals surface area contributed by atoms with Crippen LogP contribution in [-0.4, -0.2) is 31.7 Å². The van der Waals surface area contributed by atoms with Crippen molar-refractivity contribution in [2.45, 2.75) is 0 Å². The van der Waals surface area contributed by atoms with E-state index < -0.39 is 11.8 Å². The Morgan fingerprint density at radius 1 is 1.47 bits per heavy atom. The standard InChI is InChI=1S/C13H14FN3O2/c1-17(7-11(18)19-2)13-12-8(5-6-16-13)10(15)4-3-9(12)14/h3-6H,7,15H2,1-2H3. The SMILES string of the molecule is COC(=O)CN(C)c1nccc2c(N)ccc(F)c12. The van der Waals surface area contributed by atoms with Gasteiger partial charge in [-0.2, -0.15) is 0 Å². The number of likely N-dealkylation sites (N-methyl/N-ethyl adjacent to an activating group) is 1. The first-order valence-corrected chi connectivity index (χ1v) is 5.65. The molecule has 6 heteroatoms. The summed E-state index contributed by atoms with van der Waals surface area (Å²) in [6, 6.07) is 4.43. The number of carbonyl (C=O) groups is 1. The number of benzene rings is 1. The first kappa shape index (κ1) is 13.1. The third-order valence-corrected chi connectivity index (χ3v) is 2.85. The number of nitrogens with zero attached hydrogens (tertiary/aromatic N) is 2. The van der Waals surface area contributed by atoms with Crippen LogP contribution in [0.3, 0.4) is 0 Å². The van der Waals surface area contributed by atoms with Crippen LogP contribution in [-0.2, 0) is 9.53 Å². The van der Waals surface area contributed by atoms with Crippen LogP contribution in [0.15, 0.2) is 24.4 Å². The van der Waals surface area contributed by atoms with Gasteiger partial charge in [-0.3, -0.25) is 4.79 Å². The highest BCUT2D eigenvalue weighted by Gasteiger charge is 2.15. The van der Waals surface area contributed by atoms with Gasteiger partial charge >= 0.3 is 5.97 Å². The van der Waals surface area contributed by atoms with E-state index in [4.69, 9.17) is 5.73 Å². The molecule has 100 valence electrons. The van der Waals surface area contributed by atoms with Gasteiger partial charge in [0.05, 0.1) is 12.5 Å². The van der Waals surface area contributed by atoms with Gasteiger partial charge in [0.15, 0.2) is 0 Å². The van der Waals surface area contributed by atoms with Gasteiger partial charge in [0.2, 0.25) is 0 Å². The summed E-state index contributed by atoms with van der Waals surface area (Å²) in [5.74, 6) is -0.498. The van der Waals surface area contributed by atoms with Crippen LogP contribution < -0.4 is 10.6 Å². The Hall–Kier alpha value is -2.37. The van der Waals surface area contributed by atoms with Crippen molar-refractivity contribution in [3.8, 4) is 0 Å². The predicted molar refractivity (Wildman–Crippen MR) is 71.4 cm³/mol. The fourth-order valence-electron chi connectivity index (χ4n) is 1.89. The molecule has 0 atom stereocenters. The summed E-state index contributed by atoms with van der Waals surface area (Å²) < 4.78 is 18.5. The normalized spacial score (nSPS) is 10.5. The van der Waals surface area contributed by atoms with E-state index in [1.165, 1.54) is 30.3 Å². The Labute approximate surface area is 109 Å². The number of aromatic nitrogens is 1. The second-order valence-electron chi connectivity index (χ2n) is 4.13. The molecule has 19 heavy (non-hydrogen) atoms. The first-order valence-electron chi connectivity index (χ1n) is 5.65. The summed E-state index contributed by atoms with van der Waals surface area (Å²) in [5.41, 5.74) is 6.28. The predicted octanol–water partition coefficient (Wildman–Crippen LogP) is 1.57. The van der Waals surface area contributed by atoms with E-state index in [-0.39, 0.29) is 6.54 Å². The number of rotatable bonds is 3. The van der Waals surface area contributed by atoms with Crippen LogP contribution in [0.4, 0.5) is 15.9 Å². The van der Waals surface area contributed by atoms with Crippen molar-refractivity contribution in [3.05, 3.63) is 30.2 Å². The van der Waals surface area contributed by atoms with Crippen molar-refractivity contribution in [3.63, 3.8) is 0 Å². The molecule has 0 saturated carbocycles. The molecule has 0 bridgehead atoms. The maximum atomic E-state index is 14.0. The number of nitrogen functional groups attached to an aromatic ring is 1. The first-order chi connectivity index (χ1) is 9.04. The Morgan fingerprint density at radius 3 is 2.89 bits per heavy atom. The van der Waals surface area contributed by atoms with Gasteiger partial charge in [0, 0.05) is 24.3 Å². The Morgan fingerprint density at radius 2 is 2.21 bits per heavy atom. The summed E-state index contributed by atoms with van der Waals surface area (Å²) in [6.07, 6.45) is 1.53. The van der Waals surface area contributed by atoms with Gasteiger partial charge in [0.1, 0.15) is 18.2 Å². The molecule has 0 aliphatic heterocycles. The molecular weight excluding hydrogens is 249 g/mol. The fraction of sp³-hybridized carbons (Fsp3) is 0.231. The number of anilines is 2. The molecular formula is C13H14FN3O2. The molecule has 2 rings (SSSR count). The number of fused-ring (bicyclic) bond motifs is 1. The Balaban J connectivity index is 2.55. The van der Waals surface area contributed by atoms with Crippen molar-refractivity contribution in [1.29, 1.82) is 0 Å². The van der Waals surface area contributed by atoms with Gasteiger partial charge in [-0.25, -0.2) is 9.37 Å². The highest BCUT2D eigenvalue weighted by molar-refractivity contribution is 6.00. The quantitative estimate of drug-likeness (QED) is 0.672. The van der Waals surface area contributed by atoms with Crippen molar-refractivity contribution < 1.29 is 13.9 Å². The lowest BCUT2D eigenvalue weighted by Crippen LogP contribution is -2.27. The molecule has 0 fully saturated rings. The Bertz CT molecular complexity index is 631. The van der Waals surface area contributed by atoms with Crippen LogP contribution in [0.25, 0.3) is 10.8 Å². The second kappa shape index (κ2) is 5.09. The lowest BCUT2D eigenvalue weighted by Gasteiger charge is -2.19. The molecule has 0 aliphatic rings. The van der Waals surface area contributed by atoms with E-state index in [0.29, 0.717) is 22.3 Å². The zero-order valence-corrected chi connectivity index (χ0v) is 10.7. The number of hydrogen-bond donors (Lipinski definition) is 1. The van der Waals surface area contributed by atoms with Crippen LogP contribution in [0.5, 0.6) is 0 Å². The molecule has 0 aliphatic carbocycles. The minimum Gasteiger partial charge on any atom is -0.468 e. The number of nitrogens with two attached hydrogens (primary N) is 1. The van der Waals surface area contributed by atoms with E-state index in [2.05, 4.69) is 9.72 Å². The molecule has 0 spiro atoms. The summed E-state index contributed by atoms with van der Waals surface area (Å²) in [4.78, 5) is 16.9. The third kappa shape index (κ3) is 2.42. The molecule has 1 heterocycles. The largest absolute Gasteiger partial charge is 0.468 e. The van der Waals surface area contributed by atoms with E-state index in [0.717, 1.165) is 0 Å². The highest BCUT2D eigenvalue weighted by atomic mass is 19.1. The molecule has 5 nitrogen and oxygen atoms in total. The van der Waals surface area contributed by atoms with E-state index in [1.54, 1.807) is 13.1 Å². The number of esters is 1. The molecule has 0 radical (unpaired) electrons. The van der Waals surface area contributed by atoms with Crippen LogP contribution in [0.2, 0.25) is 0 Å². The zero-order chi connectivity index (χ0) is 14.0. The van der Waals surface area contributed by atoms with E-state index in [1.807, 2.05) is 0 Å². The summed E-state index contributed by atoms with van der Waals surface area (Å²) >= 11 is 0. The van der Waals surface area contributed by atoms with Crippen molar-refractivity contribution >= 4 is 28.2 Å². The lowest BCUT2D eigenvalue weighted by atomic mass is 10.1. The summed E-state index contributed by atoms with van der Waals surface area (Å²) in [6.45, 7) is -0.0170. The van der Waals surface area contributed by atoms with Crippen molar-refractivity contribution in [2.24, 2.45) is 0 Å². The molecule has 1 aromatic carbocycles. The maximum Gasteiger partial charge on any atom is 0.325 e. The van der Waals surface area contributed by atoms with E-state index in [9.17, 15) is 9.18 Å².